The molecular weight excluding hydrogens is 492 g/mol. The fourth-order valence-corrected chi connectivity index (χ4v) is 6.51. The predicted molar refractivity (Wildman–Crippen MR) is 151 cm³/mol. The maximum atomic E-state index is 6.46. The molecule has 10 heteroatoms. The van der Waals surface area contributed by atoms with Crippen LogP contribution in [0.3, 0.4) is 0 Å². The molecule has 7 rings (SSSR count). The number of hydrogen-bond donors (Lipinski definition) is 1. The predicted octanol–water partition coefficient (Wildman–Crippen LogP) is 3.49. The Labute approximate surface area is 228 Å². The first-order valence-corrected chi connectivity index (χ1v) is 14.2. The molecule has 1 aromatic carbocycles. The molecule has 39 heavy (non-hydrogen) atoms. The van der Waals surface area contributed by atoms with Crippen molar-refractivity contribution in [3.63, 3.8) is 0 Å². The van der Waals surface area contributed by atoms with Crippen LogP contribution in [-0.2, 0) is 9.47 Å². The summed E-state index contributed by atoms with van der Waals surface area (Å²) in [6.45, 7) is 7.47. The number of benzene rings is 1. The second kappa shape index (κ2) is 10.6. The summed E-state index contributed by atoms with van der Waals surface area (Å²) in [6.07, 6.45) is 7.67. The van der Waals surface area contributed by atoms with Gasteiger partial charge in [-0.15, -0.1) is 0 Å². The molecule has 4 aromatic rings. The third kappa shape index (κ3) is 4.66. The van der Waals surface area contributed by atoms with E-state index in [4.69, 9.17) is 20.3 Å². The quantitative estimate of drug-likeness (QED) is 0.420. The third-order valence-corrected chi connectivity index (χ3v) is 8.60. The summed E-state index contributed by atoms with van der Waals surface area (Å²) in [4.78, 5) is 9.47. The number of ether oxygens (including phenoxy) is 2. The van der Waals surface area contributed by atoms with Crippen LogP contribution in [0.5, 0.6) is 0 Å². The lowest BCUT2D eigenvalue weighted by Gasteiger charge is -2.40. The highest BCUT2D eigenvalue weighted by Gasteiger charge is 2.27. The van der Waals surface area contributed by atoms with Crippen molar-refractivity contribution in [2.75, 3.05) is 63.2 Å². The Kier molecular flexibility index (Phi) is 6.67. The van der Waals surface area contributed by atoms with Crippen molar-refractivity contribution >= 4 is 17.0 Å². The van der Waals surface area contributed by atoms with E-state index in [1.165, 1.54) is 24.9 Å². The summed E-state index contributed by atoms with van der Waals surface area (Å²) >= 11 is 0. The fourth-order valence-electron chi connectivity index (χ4n) is 6.51. The topological polar surface area (TPSA) is 99.0 Å². The van der Waals surface area contributed by atoms with Gasteiger partial charge in [0.05, 0.1) is 30.6 Å². The number of morpholine rings is 1. The molecule has 3 aromatic heterocycles. The van der Waals surface area contributed by atoms with Gasteiger partial charge in [0.1, 0.15) is 11.8 Å². The maximum Gasteiger partial charge on any atom is 0.152 e. The van der Waals surface area contributed by atoms with Gasteiger partial charge in [-0.2, -0.15) is 10.2 Å². The zero-order valence-corrected chi connectivity index (χ0v) is 22.3. The van der Waals surface area contributed by atoms with Gasteiger partial charge >= 0.3 is 0 Å². The largest absolute Gasteiger partial charge is 0.382 e. The zero-order chi connectivity index (χ0) is 26.2. The second-order valence-corrected chi connectivity index (χ2v) is 10.8. The summed E-state index contributed by atoms with van der Waals surface area (Å²) in [7, 11) is 0. The molecule has 0 atom stereocenters. The molecule has 3 fully saturated rings. The molecule has 2 N–H and O–H groups in total. The molecule has 3 aliphatic rings. The average Bonchev–Trinajstić information content (AvgIpc) is 3.64. The van der Waals surface area contributed by atoms with Crippen molar-refractivity contribution in [3.8, 4) is 22.5 Å². The van der Waals surface area contributed by atoms with Crippen LogP contribution in [0.4, 0.5) is 11.5 Å². The van der Waals surface area contributed by atoms with Crippen LogP contribution >= 0.6 is 0 Å². The first kappa shape index (κ1) is 24.6. The number of fused-ring (bicyclic) bond motifs is 1. The lowest BCUT2D eigenvalue weighted by molar-refractivity contribution is 0.0115. The van der Waals surface area contributed by atoms with E-state index < -0.39 is 0 Å². The van der Waals surface area contributed by atoms with Crippen molar-refractivity contribution < 1.29 is 9.47 Å². The van der Waals surface area contributed by atoms with Crippen LogP contribution in [-0.4, -0.2) is 87.9 Å². The molecule has 0 spiro atoms. The van der Waals surface area contributed by atoms with Crippen LogP contribution in [0, 0.1) is 0 Å². The number of piperidine rings is 1. The first-order valence-electron chi connectivity index (χ1n) is 14.2. The van der Waals surface area contributed by atoms with E-state index in [9.17, 15) is 0 Å². The lowest BCUT2D eigenvalue weighted by atomic mass is 10.0. The van der Waals surface area contributed by atoms with Crippen LogP contribution in [0.2, 0.25) is 0 Å². The maximum absolute atomic E-state index is 6.46. The molecule has 0 unspecified atom stereocenters. The lowest BCUT2D eigenvalue weighted by Crippen LogP contribution is -2.49. The van der Waals surface area contributed by atoms with Crippen LogP contribution in [0.25, 0.3) is 28.0 Å². The highest BCUT2D eigenvalue weighted by atomic mass is 16.5. The number of nitrogens with two attached hydrogens (primary N) is 1. The number of rotatable bonds is 5. The average molecular weight is 529 g/mol. The Hall–Kier alpha value is -3.47. The second-order valence-electron chi connectivity index (χ2n) is 10.8. The molecule has 10 nitrogen and oxygen atoms in total. The molecule has 0 radical (unpaired) electrons. The fraction of sp³-hybridized carbons (Fsp3) is 0.483. The molecule has 0 bridgehead atoms. The number of nitrogens with zero attached hydrogens (tertiary/aromatic N) is 7. The van der Waals surface area contributed by atoms with Gasteiger partial charge < -0.3 is 20.1 Å². The van der Waals surface area contributed by atoms with Gasteiger partial charge in [0.15, 0.2) is 5.82 Å². The summed E-state index contributed by atoms with van der Waals surface area (Å²) in [5, 5.41) is 9.34. The Morgan fingerprint density at radius 1 is 0.795 bits per heavy atom. The molecule has 3 aliphatic heterocycles. The summed E-state index contributed by atoms with van der Waals surface area (Å²) in [5.74, 6) is 0.465. The van der Waals surface area contributed by atoms with E-state index in [0.29, 0.717) is 17.9 Å². The Bertz CT molecular complexity index is 1430. The normalized spacial score (nSPS) is 20.2. The monoisotopic (exact) mass is 528 g/mol. The van der Waals surface area contributed by atoms with Gasteiger partial charge in [-0.05, 0) is 49.9 Å². The highest BCUT2D eigenvalue weighted by Crippen LogP contribution is 2.37. The summed E-state index contributed by atoms with van der Waals surface area (Å²) in [6, 6.07) is 14.0. The Morgan fingerprint density at radius 2 is 1.59 bits per heavy atom. The van der Waals surface area contributed by atoms with E-state index in [-0.39, 0.29) is 0 Å². The first-order chi connectivity index (χ1) is 19.3. The molecule has 3 saturated heterocycles. The smallest absolute Gasteiger partial charge is 0.152 e. The van der Waals surface area contributed by atoms with Crippen molar-refractivity contribution in [3.05, 3.63) is 48.9 Å². The number of anilines is 2. The van der Waals surface area contributed by atoms with Crippen LogP contribution in [0.15, 0.2) is 48.9 Å². The van der Waals surface area contributed by atoms with Gasteiger partial charge in [0.2, 0.25) is 0 Å². The van der Waals surface area contributed by atoms with Crippen LogP contribution in [0.1, 0.15) is 31.7 Å². The minimum Gasteiger partial charge on any atom is -0.382 e. The standard InChI is InChI=1S/C29H36N8O2/c30-29-28-25(26-4-9-32-36(26)23-7-14-38-15-8-23)19-27(37(28)33-20-31-29)21-2-1-3-24(18-21)34-10-5-22(6-11-34)35-12-16-39-17-13-35/h1-4,9,18-20,22-23H,5-8,10-17H2,(H2,30,31,33). The third-order valence-electron chi connectivity index (χ3n) is 8.60. The SMILES string of the molecule is Nc1ncnn2c(-c3cccc(N4CCC(N5CCOCC5)CC4)c3)cc(-c3ccnn3C3CCOCC3)c12. The van der Waals surface area contributed by atoms with E-state index >= 15 is 0 Å². The molecule has 0 amide bonds. The van der Waals surface area contributed by atoms with Crippen molar-refractivity contribution in [1.82, 2.24) is 29.3 Å². The minimum atomic E-state index is 0.303. The van der Waals surface area contributed by atoms with Gasteiger partial charge in [-0.1, -0.05) is 12.1 Å². The highest BCUT2D eigenvalue weighted by molar-refractivity contribution is 5.91. The number of nitrogen functional groups attached to an aromatic ring is 1. The van der Waals surface area contributed by atoms with Gasteiger partial charge in [-0.25, -0.2) is 9.50 Å². The van der Waals surface area contributed by atoms with E-state index in [0.717, 1.165) is 93.5 Å². The van der Waals surface area contributed by atoms with Crippen molar-refractivity contribution in [2.24, 2.45) is 0 Å². The summed E-state index contributed by atoms with van der Waals surface area (Å²) in [5.41, 5.74) is 12.7. The van der Waals surface area contributed by atoms with Crippen LogP contribution < -0.4 is 10.6 Å². The van der Waals surface area contributed by atoms with Crippen molar-refractivity contribution in [1.29, 1.82) is 0 Å². The van der Waals surface area contributed by atoms with Gasteiger partial charge in [0.25, 0.3) is 0 Å². The molecule has 204 valence electrons. The van der Waals surface area contributed by atoms with Gasteiger partial charge in [0, 0.05) is 68.4 Å². The van der Waals surface area contributed by atoms with E-state index in [2.05, 4.69) is 61.0 Å². The van der Waals surface area contributed by atoms with Crippen molar-refractivity contribution in [2.45, 2.75) is 37.8 Å². The Morgan fingerprint density at radius 3 is 2.41 bits per heavy atom. The number of hydrogen-bond acceptors (Lipinski definition) is 8. The molecular formula is C29H36N8O2. The molecule has 0 saturated carbocycles. The van der Waals surface area contributed by atoms with Gasteiger partial charge in [-0.3, -0.25) is 9.58 Å². The zero-order valence-electron chi connectivity index (χ0n) is 22.3. The van der Waals surface area contributed by atoms with E-state index in [1.54, 1.807) is 0 Å². The molecule has 0 aliphatic carbocycles. The van der Waals surface area contributed by atoms with E-state index in [1.807, 2.05) is 10.7 Å². The molecule has 6 heterocycles. The minimum absolute atomic E-state index is 0.303. The Balaban J connectivity index is 1.20. The number of aromatic nitrogens is 5. The summed E-state index contributed by atoms with van der Waals surface area (Å²) < 4.78 is 15.2.